The van der Waals surface area contributed by atoms with E-state index in [1.807, 2.05) is 30.4 Å². The van der Waals surface area contributed by atoms with Crippen molar-refractivity contribution < 1.29 is 4.74 Å². The van der Waals surface area contributed by atoms with Crippen molar-refractivity contribution in [2.45, 2.75) is 13.0 Å². The molecule has 0 N–H and O–H groups in total. The van der Waals surface area contributed by atoms with Gasteiger partial charge in [-0.15, -0.1) is 0 Å². The van der Waals surface area contributed by atoms with Crippen molar-refractivity contribution in [3.8, 4) is 0 Å². The van der Waals surface area contributed by atoms with Gasteiger partial charge in [0, 0.05) is 7.11 Å². The lowest BCUT2D eigenvalue weighted by molar-refractivity contribution is 0.143. The van der Waals surface area contributed by atoms with Gasteiger partial charge in [0.1, 0.15) is 6.10 Å². The number of rotatable bonds is 5. The minimum Gasteiger partial charge on any atom is -0.373 e. The fourth-order valence-electron chi connectivity index (χ4n) is 1.98. The lowest BCUT2D eigenvalue weighted by Crippen LogP contribution is -1.97. The Morgan fingerprint density at radius 3 is 2.25 bits per heavy atom. The molecule has 1 unspecified atom stereocenters. The fraction of sp³-hybridized carbons (Fsp3) is 0.158. The van der Waals surface area contributed by atoms with Gasteiger partial charge in [-0.05, 0) is 18.1 Å². The van der Waals surface area contributed by atoms with Crippen LogP contribution in [-0.4, -0.2) is 7.11 Å². The summed E-state index contributed by atoms with van der Waals surface area (Å²) in [5.74, 6) is 0. The molecule has 20 heavy (non-hydrogen) atoms. The van der Waals surface area contributed by atoms with Gasteiger partial charge in [-0.2, -0.15) is 0 Å². The Hall–Kier alpha value is -2.12. The van der Waals surface area contributed by atoms with Gasteiger partial charge < -0.3 is 4.74 Å². The summed E-state index contributed by atoms with van der Waals surface area (Å²) in [4.78, 5) is 0. The Morgan fingerprint density at radius 1 is 0.900 bits per heavy atom. The summed E-state index contributed by atoms with van der Waals surface area (Å²) in [5, 5.41) is 0. The Balaban J connectivity index is 2.01. The zero-order valence-electron chi connectivity index (χ0n) is 12.0. The normalized spacial score (nSPS) is 13.1. The molecule has 102 valence electrons. The van der Waals surface area contributed by atoms with Gasteiger partial charge in [0.25, 0.3) is 0 Å². The molecule has 1 nitrogen and oxygen atoms in total. The summed E-state index contributed by atoms with van der Waals surface area (Å²) in [6, 6.07) is 18.7. The van der Waals surface area contributed by atoms with E-state index in [2.05, 4.69) is 55.5 Å². The first-order valence-corrected chi connectivity index (χ1v) is 6.79. The van der Waals surface area contributed by atoms with E-state index in [0.717, 1.165) is 0 Å². The third kappa shape index (κ3) is 4.22. The molecule has 0 radical (unpaired) electrons. The molecule has 1 heteroatoms. The maximum absolute atomic E-state index is 5.51. The molecule has 0 spiro atoms. The molecule has 0 aliphatic rings. The molecule has 2 aromatic carbocycles. The van der Waals surface area contributed by atoms with E-state index in [1.165, 1.54) is 16.7 Å². The van der Waals surface area contributed by atoms with E-state index in [1.54, 1.807) is 7.11 Å². The first-order chi connectivity index (χ1) is 9.79. The number of methoxy groups -OCH3 is 1. The smallest absolute Gasteiger partial charge is 0.101 e. The monoisotopic (exact) mass is 264 g/mol. The van der Waals surface area contributed by atoms with E-state index in [0.29, 0.717) is 0 Å². The molecule has 0 aliphatic heterocycles. The van der Waals surface area contributed by atoms with Crippen molar-refractivity contribution in [3.63, 3.8) is 0 Å². The number of benzene rings is 2. The fourth-order valence-corrected chi connectivity index (χ4v) is 1.98. The molecule has 0 saturated carbocycles. The van der Waals surface area contributed by atoms with Crippen LogP contribution in [0.1, 0.15) is 22.8 Å². The van der Waals surface area contributed by atoms with Crippen molar-refractivity contribution in [1.82, 2.24) is 0 Å². The van der Waals surface area contributed by atoms with Crippen molar-refractivity contribution in [1.29, 1.82) is 0 Å². The first-order valence-electron chi connectivity index (χ1n) is 6.79. The highest BCUT2D eigenvalue weighted by Crippen LogP contribution is 2.18. The van der Waals surface area contributed by atoms with Crippen LogP contribution in [0.4, 0.5) is 0 Å². The SMILES string of the molecule is COC(/C=C/C=C/c1ccccc1)c1ccc(C)cc1. The number of hydrogen-bond acceptors (Lipinski definition) is 1. The second-order valence-corrected chi connectivity index (χ2v) is 4.72. The molecule has 0 bridgehead atoms. The molecule has 2 rings (SSSR count). The summed E-state index contributed by atoms with van der Waals surface area (Å²) in [5.41, 5.74) is 3.63. The Kier molecular flexibility index (Phi) is 5.33. The zero-order chi connectivity index (χ0) is 14.2. The Bertz CT molecular complexity index is 564. The van der Waals surface area contributed by atoms with E-state index in [4.69, 9.17) is 4.74 Å². The lowest BCUT2D eigenvalue weighted by atomic mass is 10.1. The summed E-state index contributed by atoms with van der Waals surface area (Å²) in [6.45, 7) is 2.09. The van der Waals surface area contributed by atoms with Gasteiger partial charge in [-0.3, -0.25) is 0 Å². The maximum atomic E-state index is 5.51. The molecule has 0 amide bonds. The molecule has 0 aliphatic carbocycles. The quantitative estimate of drug-likeness (QED) is 0.694. The van der Waals surface area contributed by atoms with Gasteiger partial charge in [-0.1, -0.05) is 84.5 Å². The predicted molar refractivity (Wildman–Crippen MR) is 85.5 cm³/mol. The highest BCUT2D eigenvalue weighted by Gasteiger charge is 2.04. The van der Waals surface area contributed by atoms with Gasteiger partial charge in [0.15, 0.2) is 0 Å². The molecule has 0 fully saturated rings. The molecular formula is C19H20O. The molecule has 0 saturated heterocycles. The van der Waals surface area contributed by atoms with E-state index in [9.17, 15) is 0 Å². The van der Waals surface area contributed by atoms with Crippen LogP contribution in [0.25, 0.3) is 6.08 Å². The van der Waals surface area contributed by atoms with E-state index >= 15 is 0 Å². The zero-order valence-corrected chi connectivity index (χ0v) is 12.0. The maximum Gasteiger partial charge on any atom is 0.101 e. The minimum atomic E-state index is -0.00368. The lowest BCUT2D eigenvalue weighted by Gasteiger charge is -2.11. The van der Waals surface area contributed by atoms with Gasteiger partial charge in [0.2, 0.25) is 0 Å². The number of ether oxygens (including phenoxy) is 1. The van der Waals surface area contributed by atoms with Crippen molar-refractivity contribution in [2.75, 3.05) is 7.11 Å². The van der Waals surface area contributed by atoms with Crippen LogP contribution in [-0.2, 0) is 4.74 Å². The number of aryl methyl sites for hydroxylation is 1. The van der Waals surface area contributed by atoms with Gasteiger partial charge >= 0.3 is 0 Å². The standard InChI is InChI=1S/C19H20O/c1-16-12-14-18(15-13-16)19(20-2)11-7-6-10-17-8-4-3-5-9-17/h3-15,19H,1-2H3/b10-6+,11-7+. The topological polar surface area (TPSA) is 9.23 Å². The summed E-state index contributed by atoms with van der Waals surface area (Å²) in [7, 11) is 1.73. The van der Waals surface area contributed by atoms with Crippen LogP contribution in [0.2, 0.25) is 0 Å². The van der Waals surface area contributed by atoms with Crippen LogP contribution in [0.15, 0.2) is 72.8 Å². The Morgan fingerprint density at radius 2 is 1.60 bits per heavy atom. The molecular weight excluding hydrogens is 244 g/mol. The third-order valence-corrected chi connectivity index (χ3v) is 3.15. The van der Waals surface area contributed by atoms with Crippen LogP contribution in [0, 0.1) is 6.92 Å². The minimum absolute atomic E-state index is 0.00368. The Labute approximate surface area is 121 Å². The van der Waals surface area contributed by atoms with E-state index in [-0.39, 0.29) is 6.10 Å². The average Bonchev–Trinajstić information content (AvgIpc) is 2.50. The molecule has 1 atom stereocenters. The summed E-state index contributed by atoms with van der Waals surface area (Å²) in [6.07, 6.45) is 8.20. The summed E-state index contributed by atoms with van der Waals surface area (Å²) < 4.78 is 5.51. The van der Waals surface area contributed by atoms with Gasteiger partial charge in [0.05, 0.1) is 0 Å². The largest absolute Gasteiger partial charge is 0.373 e. The number of allylic oxidation sites excluding steroid dienone is 2. The van der Waals surface area contributed by atoms with Crippen LogP contribution in [0.5, 0.6) is 0 Å². The van der Waals surface area contributed by atoms with Crippen LogP contribution < -0.4 is 0 Å². The molecule has 2 aromatic rings. The van der Waals surface area contributed by atoms with Crippen molar-refractivity contribution in [3.05, 3.63) is 89.5 Å². The molecule has 0 heterocycles. The van der Waals surface area contributed by atoms with Crippen molar-refractivity contribution in [2.24, 2.45) is 0 Å². The first kappa shape index (κ1) is 14.3. The van der Waals surface area contributed by atoms with Crippen LogP contribution >= 0.6 is 0 Å². The predicted octanol–water partition coefficient (Wildman–Crippen LogP) is 4.95. The number of hydrogen-bond donors (Lipinski definition) is 0. The second-order valence-electron chi connectivity index (χ2n) is 4.72. The molecule has 0 aromatic heterocycles. The highest BCUT2D eigenvalue weighted by molar-refractivity contribution is 5.50. The van der Waals surface area contributed by atoms with Gasteiger partial charge in [-0.25, -0.2) is 0 Å². The third-order valence-electron chi connectivity index (χ3n) is 3.15. The highest BCUT2D eigenvalue weighted by atomic mass is 16.5. The van der Waals surface area contributed by atoms with Crippen LogP contribution in [0.3, 0.4) is 0 Å². The second kappa shape index (κ2) is 7.46. The van der Waals surface area contributed by atoms with E-state index < -0.39 is 0 Å². The average molecular weight is 264 g/mol. The summed E-state index contributed by atoms with van der Waals surface area (Å²) >= 11 is 0. The van der Waals surface area contributed by atoms with Crippen molar-refractivity contribution >= 4 is 6.08 Å².